The Labute approximate surface area is 114 Å². The number of thioether (sulfide) groups is 1. The van der Waals surface area contributed by atoms with Crippen molar-refractivity contribution >= 4 is 23.4 Å². The van der Waals surface area contributed by atoms with Crippen LogP contribution in [0.1, 0.15) is 11.3 Å². The molecular formula is C13H13N3O2S. The Hall–Kier alpha value is -1.95. The Morgan fingerprint density at radius 1 is 1.42 bits per heavy atom. The van der Waals surface area contributed by atoms with Crippen LogP contribution in [-0.4, -0.2) is 17.1 Å². The molecule has 1 aliphatic heterocycles. The molecule has 5 nitrogen and oxygen atoms in total. The molecule has 0 bridgehead atoms. The second-order valence-corrected chi connectivity index (χ2v) is 5.18. The number of nitrogens with one attached hydrogen (secondary N) is 2. The summed E-state index contributed by atoms with van der Waals surface area (Å²) in [5.41, 5.74) is 2.44. The second kappa shape index (κ2) is 4.97. The minimum atomic E-state index is -0.0552. The first-order valence-electron chi connectivity index (χ1n) is 5.87. The van der Waals surface area contributed by atoms with E-state index in [1.807, 2.05) is 24.3 Å². The van der Waals surface area contributed by atoms with Crippen LogP contribution in [0.2, 0.25) is 0 Å². The maximum atomic E-state index is 11.9. The molecule has 2 aromatic rings. The van der Waals surface area contributed by atoms with E-state index in [0.717, 1.165) is 34.2 Å². The van der Waals surface area contributed by atoms with Crippen LogP contribution in [0.5, 0.6) is 5.75 Å². The van der Waals surface area contributed by atoms with Gasteiger partial charge in [0.1, 0.15) is 5.75 Å². The first-order valence-corrected chi connectivity index (χ1v) is 7.02. The number of aromatic amines is 1. The van der Waals surface area contributed by atoms with E-state index >= 15 is 0 Å². The summed E-state index contributed by atoms with van der Waals surface area (Å²) in [5.74, 6) is 2.77. The number of hydrogen-bond acceptors (Lipinski definition) is 5. The van der Waals surface area contributed by atoms with Gasteiger partial charge in [-0.2, -0.15) is 11.8 Å². The smallest absolute Gasteiger partial charge is 0.256 e. The van der Waals surface area contributed by atoms with Gasteiger partial charge in [-0.1, -0.05) is 6.07 Å². The average Bonchev–Trinajstić information content (AvgIpc) is 2.88. The summed E-state index contributed by atoms with van der Waals surface area (Å²) in [6.07, 6.45) is 0. The van der Waals surface area contributed by atoms with Gasteiger partial charge in [-0.3, -0.25) is 9.78 Å². The normalized spacial score (nSPS) is 13.1. The lowest BCUT2D eigenvalue weighted by Gasteiger charge is -2.08. The van der Waals surface area contributed by atoms with Gasteiger partial charge < -0.3 is 10.1 Å². The molecule has 0 unspecified atom stereocenters. The third kappa shape index (κ3) is 2.44. The zero-order valence-electron chi connectivity index (χ0n) is 10.4. The third-order valence-corrected chi connectivity index (χ3v) is 3.89. The summed E-state index contributed by atoms with van der Waals surface area (Å²) >= 11 is 1.71. The van der Waals surface area contributed by atoms with Gasteiger partial charge in [0.15, 0.2) is 0 Å². The molecule has 1 aromatic carbocycles. The van der Waals surface area contributed by atoms with E-state index in [4.69, 9.17) is 4.74 Å². The molecule has 0 fully saturated rings. The molecule has 6 heteroatoms. The molecular weight excluding hydrogens is 262 g/mol. The zero-order chi connectivity index (χ0) is 13.2. The van der Waals surface area contributed by atoms with E-state index in [9.17, 15) is 4.79 Å². The highest BCUT2D eigenvalue weighted by atomic mass is 32.2. The van der Waals surface area contributed by atoms with Gasteiger partial charge in [-0.25, -0.2) is 4.98 Å². The van der Waals surface area contributed by atoms with Crippen molar-refractivity contribution in [1.29, 1.82) is 0 Å². The van der Waals surface area contributed by atoms with E-state index in [1.54, 1.807) is 18.9 Å². The van der Waals surface area contributed by atoms with Crippen molar-refractivity contribution in [2.75, 3.05) is 12.4 Å². The van der Waals surface area contributed by atoms with Crippen molar-refractivity contribution in [3.8, 4) is 5.75 Å². The van der Waals surface area contributed by atoms with Gasteiger partial charge >= 0.3 is 0 Å². The summed E-state index contributed by atoms with van der Waals surface area (Å²) in [4.78, 5) is 19.1. The van der Waals surface area contributed by atoms with Gasteiger partial charge in [-0.15, -0.1) is 0 Å². The lowest BCUT2D eigenvalue weighted by molar-refractivity contribution is 0.415. The van der Waals surface area contributed by atoms with Crippen molar-refractivity contribution in [2.24, 2.45) is 0 Å². The van der Waals surface area contributed by atoms with Gasteiger partial charge in [0.25, 0.3) is 5.56 Å². The Balaban J connectivity index is 1.91. The number of rotatable bonds is 3. The summed E-state index contributed by atoms with van der Waals surface area (Å²) < 4.78 is 5.15. The average molecular weight is 275 g/mol. The molecule has 19 heavy (non-hydrogen) atoms. The highest BCUT2D eigenvalue weighted by Gasteiger charge is 2.17. The van der Waals surface area contributed by atoms with Crippen LogP contribution >= 0.6 is 11.8 Å². The number of nitrogens with zero attached hydrogens (tertiary/aromatic N) is 1. The highest BCUT2D eigenvalue weighted by molar-refractivity contribution is 7.98. The third-order valence-electron chi connectivity index (χ3n) is 2.92. The number of ether oxygens (including phenoxy) is 1. The maximum Gasteiger partial charge on any atom is 0.256 e. The van der Waals surface area contributed by atoms with Crippen molar-refractivity contribution in [1.82, 2.24) is 9.97 Å². The zero-order valence-corrected chi connectivity index (χ0v) is 11.2. The Morgan fingerprint density at radius 3 is 3.16 bits per heavy atom. The highest BCUT2D eigenvalue weighted by Crippen LogP contribution is 2.26. The first-order chi connectivity index (χ1) is 9.26. The fourth-order valence-electron chi connectivity index (χ4n) is 1.96. The Kier molecular flexibility index (Phi) is 3.16. The van der Waals surface area contributed by atoms with E-state index in [0.29, 0.717) is 5.95 Å². The fraction of sp³-hybridized carbons (Fsp3) is 0.231. The molecule has 0 aliphatic carbocycles. The van der Waals surface area contributed by atoms with Crippen LogP contribution in [-0.2, 0) is 11.5 Å². The predicted molar refractivity (Wildman–Crippen MR) is 76.1 cm³/mol. The number of hydrogen-bond donors (Lipinski definition) is 2. The van der Waals surface area contributed by atoms with Gasteiger partial charge in [0, 0.05) is 28.8 Å². The van der Waals surface area contributed by atoms with Gasteiger partial charge in [0.2, 0.25) is 5.95 Å². The number of aromatic nitrogens is 2. The van der Waals surface area contributed by atoms with E-state index in [2.05, 4.69) is 15.3 Å². The second-order valence-electron chi connectivity index (χ2n) is 4.19. The standard InChI is InChI=1S/C13H13N3O2S/c1-18-9-4-2-3-8(5-9)14-13-15-11-7-19-6-10(11)12(17)16-13/h2-5H,6-7H2,1H3,(H2,14,15,16,17). The quantitative estimate of drug-likeness (QED) is 0.899. The number of anilines is 2. The van der Waals surface area contributed by atoms with Crippen LogP contribution in [0.15, 0.2) is 29.1 Å². The van der Waals surface area contributed by atoms with Crippen molar-refractivity contribution in [3.63, 3.8) is 0 Å². The van der Waals surface area contributed by atoms with Crippen molar-refractivity contribution in [3.05, 3.63) is 45.9 Å². The van der Waals surface area contributed by atoms with Gasteiger partial charge in [0.05, 0.1) is 12.8 Å². The molecule has 1 aliphatic rings. The number of fused-ring (bicyclic) bond motifs is 1. The molecule has 2 N–H and O–H groups in total. The molecule has 0 spiro atoms. The maximum absolute atomic E-state index is 11.9. The SMILES string of the molecule is COc1cccc(Nc2nc3c(c(=O)[nH]2)CSC3)c1. The van der Waals surface area contributed by atoms with Gasteiger partial charge in [-0.05, 0) is 12.1 Å². The molecule has 3 rings (SSSR count). The van der Waals surface area contributed by atoms with Crippen LogP contribution in [0, 0.1) is 0 Å². The molecule has 0 atom stereocenters. The van der Waals surface area contributed by atoms with E-state index < -0.39 is 0 Å². The molecule has 2 heterocycles. The van der Waals surface area contributed by atoms with Crippen LogP contribution < -0.4 is 15.6 Å². The van der Waals surface area contributed by atoms with E-state index in [1.165, 1.54) is 0 Å². The minimum Gasteiger partial charge on any atom is -0.497 e. The number of methoxy groups -OCH3 is 1. The molecule has 98 valence electrons. The first kappa shape index (κ1) is 12.1. The lowest BCUT2D eigenvalue weighted by atomic mass is 10.3. The summed E-state index contributed by atoms with van der Waals surface area (Å²) in [5, 5.41) is 3.09. The molecule has 1 aromatic heterocycles. The summed E-state index contributed by atoms with van der Waals surface area (Å²) in [6.45, 7) is 0. The van der Waals surface area contributed by atoms with Crippen LogP contribution in [0.25, 0.3) is 0 Å². The summed E-state index contributed by atoms with van der Waals surface area (Å²) in [7, 11) is 1.62. The molecule has 0 amide bonds. The number of H-pyrrole nitrogens is 1. The fourth-order valence-corrected chi connectivity index (χ4v) is 3.00. The number of benzene rings is 1. The van der Waals surface area contributed by atoms with Crippen molar-refractivity contribution in [2.45, 2.75) is 11.5 Å². The van der Waals surface area contributed by atoms with Crippen molar-refractivity contribution < 1.29 is 4.74 Å². The summed E-state index contributed by atoms with van der Waals surface area (Å²) in [6, 6.07) is 7.48. The Morgan fingerprint density at radius 2 is 2.32 bits per heavy atom. The lowest BCUT2D eigenvalue weighted by Crippen LogP contribution is -2.16. The van der Waals surface area contributed by atoms with E-state index in [-0.39, 0.29) is 5.56 Å². The largest absolute Gasteiger partial charge is 0.497 e. The van der Waals surface area contributed by atoms with Crippen LogP contribution in [0.3, 0.4) is 0 Å². The predicted octanol–water partition coefficient (Wildman–Crippen LogP) is 2.27. The topological polar surface area (TPSA) is 67.0 Å². The van der Waals surface area contributed by atoms with Crippen LogP contribution in [0.4, 0.5) is 11.6 Å². The molecule has 0 saturated carbocycles. The Bertz CT molecular complexity index is 669. The monoisotopic (exact) mass is 275 g/mol. The molecule has 0 saturated heterocycles. The molecule has 0 radical (unpaired) electrons. The minimum absolute atomic E-state index is 0.0552.